The number of hydrogen-bond donors (Lipinski definition) is 0. The van der Waals surface area contributed by atoms with Gasteiger partial charge >= 0.3 is 7.12 Å². The van der Waals surface area contributed by atoms with E-state index in [0.717, 1.165) is 19.5 Å². The van der Waals surface area contributed by atoms with Crippen LogP contribution in [0.1, 0.15) is 52.5 Å². The molecule has 0 aromatic heterocycles. The zero-order chi connectivity index (χ0) is 15.8. The molecule has 3 rings (SSSR count). The molecule has 1 unspecified atom stereocenters. The third kappa shape index (κ3) is 3.10. The Bertz CT molecular complexity index is 487. The van der Waals surface area contributed by atoms with Crippen LogP contribution in [0.15, 0.2) is 30.3 Å². The average Bonchev–Trinajstić information content (AvgIpc) is 2.69. The van der Waals surface area contributed by atoms with Crippen LogP contribution >= 0.6 is 0 Å². The Morgan fingerprint density at radius 3 is 2.32 bits per heavy atom. The molecule has 1 aromatic carbocycles. The normalized spacial score (nSPS) is 28.0. The molecule has 22 heavy (non-hydrogen) atoms. The van der Waals surface area contributed by atoms with Gasteiger partial charge in [-0.1, -0.05) is 36.8 Å². The molecule has 2 heterocycles. The van der Waals surface area contributed by atoms with E-state index in [1.807, 2.05) is 0 Å². The lowest BCUT2D eigenvalue weighted by Crippen LogP contribution is -2.50. The largest absolute Gasteiger partial charge is 0.476 e. The lowest BCUT2D eigenvalue weighted by Gasteiger charge is -2.36. The van der Waals surface area contributed by atoms with Gasteiger partial charge in [-0.2, -0.15) is 0 Å². The van der Waals surface area contributed by atoms with Gasteiger partial charge in [-0.25, -0.2) is 0 Å². The van der Waals surface area contributed by atoms with Gasteiger partial charge in [-0.3, -0.25) is 4.90 Å². The second-order valence-electron chi connectivity index (χ2n) is 7.64. The second-order valence-corrected chi connectivity index (χ2v) is 7.64. The van der Waals surface area contributed by atoms with Crippen molar-refractivity contribution in [2.24, 2.45) is 0 Å². The lowest BCUT2D eigenvalue weighted by atomic mass is 9.72. The van der Waals surface area contributed by atoms with Crippen LogP contribution in [0.3, 0.4) is 0 Å². The Hall–Kier alpha value is -0.835. The molecule has 2 aliphatic heterocycles. The highest BCUT2D eigenvalue weighted by Gasteiger charge is 2.54. The molecule has 1 atom stereocenters. The van der Waals surface area contributed by atoms with Crippen LogP contribution in [0.5, 0.6) is 0 Å². The molecular weight excluding hydrogens is 273 g/mol. The molecule has 0 bridgehead atoms. The maximum atomic E-state index is 6.31. The Morgan fingerprint density at radius 1 is 1.05 bits per heavy atom. The summed E-state index contributed by atoms with van der Waals surface area (Å²) >= 11 is 0. The Kier molecular flexibility index (Phi) is 4.37. The number of nitrogens with zero attached hydrogens (tertiary/aromatic N) is 1. The number of piperidine rings is 1. The molecule has 0 spiro atoms. The van der Waals surface area contributed by atoms with Crippen molar-refractivity contribution in [1.29, 1.82) is 0 Å². The van der Waals surface area contributed by atoms with E-state index in [1.54, 1.807) is 0 Å². The topological polar surface area (TPSA) is 21.7 Å². The summed E-state index contributed by atoms with van der Waals surface area (Å²) in [7, 11) is -0.117. The van der Waals surface area contributed by atoms with Gasteiger partial charge in [0.15, 0.2) is 0 Å². The fraction of sp³-hybridized carbons (Fsp3) is 0.667. The van der Waals surface area contributed by atoms with Crippen LogP contribution in [0.25, 0.3) is 0 Å². The van der Waals surface area contributed by atoms with Gasteiger partial charge in [0.05, 0.1) is 11.2 Å². The van der Waals surface area contributed by atoms with E-state index in [9.17, 15) is 0 Å². The van der Waals surface area contributed by atoms with Gasteiger partial charge in [0.2, 0.25) is 0 Å². The summed E-state index contributed by atoms with van der Waals surface area (Å²) in [5, 5.41) is 0. The van der Waals surface area contributed by atoms with Gasteiger partial charge in [0, 0.05) is 12.5 Å². The van der Waals surface area contributed by atoms with Crippen molar-refractivity contribution in [3.63, 3.8) is 0 Å². The predicted molar refractivity (Wildman–Crippen MR) is 90.6 cm³/mol. The first kappa shape index (κ1) is 16.0. The third-order valence-corrected chi connectivity index (χ3v) is 5.48. The minimum absolute atomic E-state index is 0.117. The number of benzene rings is 1. The average molecular weight is 301 g/mol. The van der Waals surface area contributed by atoms with Crippen molar-refractivity contribution in [2.75, 3.05) is 6.54 Å². The van der Waals surface area contributed by atoms with Gasteiger partial charge in [0.25, 0.3) is 0 Å². The first-order chi connectivity index (χ1) is 10.4. The smallest absolute Gasteiger partial charge is 0.402 e. The van der Waals surface area contributed by atoms with Crippen LogP contribution in [-0.4, -0.2) is 35.7 Å². The Balaban J connectivity index is 1.74. The fourth-order valence-corrected chi connectivity index (χ4v) is 3.38. The van der Waals surface area contributed by atoms with Gasteiger partial charge < -0.3 is 9.31 Å². The maximum Gasteiger partial charge on any atom is 0.476 e. The summed E-state index contributed by atoms with van der Waals surface area (Å²) in [6, 6.07) is 10.7. The molecule has 2 saturated heterocycles. The van der Waals surface area contributed by atoms with Crippen molar-refractivity contribution in [3.05, 3.63) is 35.9 Å². The van der Waals surface area contributed by atoms with Crippen molar-refractivity contribution >= 4 is 7.12 Å². The molecule has 0 N–H and O–H groups in total. The van der Waals surface area contributed by atoms with Crippen molar-refractivity contribution < 1.29 is 9.31 Å². The van der Waals surface area contributed by atoms with Crippen LogP contribution < -0.4 is 0 Å². The highest BCUT2D eigenvalue weighted by atomic mass is 16.7. The summed E-state index contributed by atoms with van der Waals surface area (Å²) in [5.41, 5.74) is 0.882. The van der Waals surface area contributed by atoms with E-state index < -0.39 is 0 Å². The SMILES string of the molecule is CC1(C)OB(C2CCCCN2Cc2ccccc2)OC1(C)C. The molecule has 0 amide bonds. The van der Waals surface area contributed by atoms with E-state index in [-0.39, 0.29) is 18.3 Å². The van der Waals surface area contributed by atoms with Crippen LogP contribution in [0, 0.1) is 0 Å². The molecule has 0 aliphatic carbocycles. The molecule has 0 radical (unpaired) electrons. The van der Waals surface area contributed by atoms with E-state index in [1.165, 1.54) is 18.4 Å². The molecule has 4 heteroatoms. The standard InChI is InChI=1S/C18H28BNO2/c1-17(2)18(3,4)22-19(21-17)16-12-8-9-13-20(16)14-15-10-6-5-7-11-15/h5-7,10-11,16H,8-9,12-14H2,1-4H3. The molecule has 2 fully saturated rings. The molecule has 1 aromatic rings. The Labute approximate surface area is 135 Å². The monoisotopic (exact) mass is 301 g/mol. The minimum atomic E-state index is -0.243. The third-order valence-electron chi connectivity index (χ3n) is 5.48. The van der Waals surface area contributed by atoms with Gasteiger partial charge in [-0.15, -0.1) is 0 Å². The van der Waals surface area contributed by atoms with Crippen LogP contribution in [-0.2, 0) is 15.9 Å². The number of hydrogen-bond acceptors (Lipinski definition) is 3. The highest BCUT2D eigenvalue weighted by molar-refractivity contribution is 6.47. The van der Waals surface area contributed by atoms with E-state index in [4.69, 9.17) is 9.31 Å². The second kappa shape index (κ2) is 5.99. The number of likely N-dealkylation sites (tertiary alicyclic amines) is 1. The van der Waals surface area contributed by atoms with E-state index >= 15 is 0 Å². The molecule has 3 nitrogen and oxygen atoms in total. The van der Waals surface area contributed by atoms with E-state index in [0.29, 0.717) is 5.94 Å². The molecular formula is C18H28BNO2. The molecule has 0 saturated carbocycles. The summed E-state index contributed by atoms with van der Waals surface area (Å²) in [6.45, 7) is 10.7. The van der Waals surface area contributed by atoms with Crippen molar-refractivity contribution in [3.8, 4) is 0 Å². The summed E-state index contributed by atoms with van der Waals surface area (Å²) in [6.07, 6.45) is 3.69. The zero-order valence-corrected chi connectivity index (χ0v) is 14.3. The quantitative estimate of drug-likeness (QED) is 0.795. The highest BCUT2D eigenvalue weighted by Crippen LogP contribution is 2.39. The zero-order valence-electron chi connectivity index (χ0n) is 14.3. The maximum absolute atomic E-state index is 6.31. The van der Waals surface area contributed by atoms with Crippen molar-refractivity contribution in [2.45, 2.75) is 70.6 Å². The summed E-state index contributed by atoms with van der Waals surface area (Å²) < 4.78 is 12.6. The van der Waals surface area contributed by atoms with Crippen LogP contribution in [0.4, 0.5) is 0 Å². The Morgan fingerprint density at radius 2 is 1.68 bits per heavy atom. The van der Waals surface area contributed by atoms with E-state index in [2.05, 4.69) is 62.9 Å². The van der Waals surface area contributed by atoms with Gasteiger partial charge in [-0.05, 0) is 52.6 Å². The predicted octanol–water partition coefficient (Wildman–Crippen LogP) is 3.67. The summed E-state index contributed by atoms with van der Waals surface area (Å²) in [5.74, 6) is 0.356. The molecule has 120 valence electrons. The first-order valence-corrected chi connectivity index (χ1v) is 8.53. The van der Waals surface area contributed by atoms with Crippen molar-refractivity contribution in [1.82, 2.24) is 4.90 Å². The number of rotatable bonds is 3. The van der Waals surface area contributed by atoms with Crippen LogP contribution in [0.2, 0.25) is 0 Å². The minimum Gasteiger partial charge on any atom is -0.402 e. The molecule has 2 aliphatic rings. The van der Waals surface area contributed by atoms with Gasteiger partial charge in [0.1, 0.15) is 0 Å². The fourth-order valence-electron chi connectivity index (χ4n) is 3.38. The summed E-state index contributed by atoms with van der Waals surface area (Å²) in [4.78, 5) is 2.54. The lowest BCUT2D eigenvalue weighted by molar-refractivity contribution is 0.00578. The first-order valence-electron chi connectivity index (χ1n) is 8.53.